The van der Waals surface area contributed by atoms with Crippen LogP contribution in [0.1, 0.15) is 6.23 Å². The molecule has 0 radical (unpaired) electrons. The number of hydrogen-bond donors (Lipinski definition) is 3. The van der Waals surface area contributed by atoms with Crippen LogP contribution in [0.4, 0.5) is 10.2 Å². The Hall–Kier alpha value is -1.22. The zero-order valence-electron chi connectivity index (χ0n) is 9.14. The van der Waals surface area contributed by atoms with E-state index in [1.54, 1.807) is 0 Å². The summed E-state index contributed by atoms with van der Waals surface area (Å²) in [6.45, 7) is -0.533. The lowest BCUT2D eigenvalue weighted by Gasteiger charge is -2.15. The first-order valence-electron chi connectivity index (χ1n) is 4.97. The van der Waals surface area contributed by atoms with Crippen molar-refractivity contribution in [1.82, 2.24) is 9.55 Å². The summed E-state index contributed by atoms with van der Waals surface area (Å²) >= 11 is 0. The molecule has 2 rings (SSSR count). The molecule has 1 fully saturated rings. The number of halogens is 2. The molecule has 1 aliphatic rings. The largest absolute Gasteiger partial charge is 0.394 e. The van der Waals surface area contributed by atoms with E-state index in [1.165, 1.54) is 12.3 Å². The van der Waals surface area contributed by atoms with E-state index >= 15 is 0 Å². The SMILES string of the molecule is Cl.Nc1ccn([C@@H]2O[C@H](CO)C(O)C2F)c(=O)n1. The van der Waals surface area contributed by atoms with Crippen molar-refractivity contribution in [2.75, 3.05) is 12.3 Å². The summed E-state index contributed by atoms with van der Waals surface area (Å²) in [5.41, 5.74) is 4.52. The van der Waals surface area contributed by atoms with Gasteiger partial charge in [0.1, 0.15) is 18.0 Å². The third-order valence-electron chi connectivity index (χ3n) is 2.60. The van der Waals surface area contributed by atoms with Gasteiger partial charge in [-0.3, -0.25) is 4.57 Å². The van der Waals surface area contributed by atoms with Crippen molar-refractivity contribution in [2.24, 2.45) is 0 Å². The number of nitrogens with zero attached hydrogens (tertiary/aromatic N) is 2. The minimum absolute atomic E-state index is 0. The highest BCUT2D eigenvalue weighted by Gasteiger charge is 2.45. The molecule has 4 atom stereocenters. The molecule has 0 aromatic carbocycles. The number of aliphatic hydroxyl groups is 2. The Kier molecular flexibility index (Phi) is 4.63. The molecule has 4 N–H and O–H groups in total. The number of nitrogen functional groups attached to an aromatic ring is 1. The van der Waals surface area contributed by atoms with Crippen molar-refractivity contribution in [3.63, 3.8) is 0 Å². The Bertz CT molecular complexity index is 471. The minimum Gasteiger partial charge on any atom is -0.394 e. The molecule has 102 valence electrons. The molecule has 1 aromatic heterocycles. The van der Waals surface area contributed by atoms with Gasteiger partial charge in [0, 0.05) is 6.20 Å². The van der Waals surface area contributed by atoms with Crippen molar-refractivity contribution in [2.45, 2.75) is 24.6 Å². The van der Waals surface area contributed by atoms with Gasteiger partial charge in [-0.2, -0.15) is 4.98 Å². The number of alkyl halides is 1. The van der Waals surface area contributed by atoms with Crippen LogP contribution in [-0.4, -0.2) is 44.8 Å². The summed E-state index contributed by atoms with van der Waals surface area (Å²) in [6, 6.07) is 1.32. The maximum atomic E-state index is 13.7. The summed E-state index contributed by atoms with van der Waals surface area (Å²) in [7, 11) is 0. The molecule has 0 bridgehead atoms. The van der Waals surface area contributed by atoms with Crippen LogP contribution in [0.3, 0.4) is 0 Å². The van der Waals surface area contributed by atoms with Gasteiger partial charge in [-0.15, -0.1) is 12.4 Å². The summed E-state index contributed by atoms with van der Waals surface area (Å²) < 4.78 is 19.6. The molecule has 2 unspecified atom stereocenters. The lowest BCUT2D eigenvalue weighted by Crippen LogP contribution is -2.33. The van der Waals surface area contributed by atoms with E-state index in [4.69, 9.17) is 15.6 Å². The zero-order valence-corrected chi connectivity index (χ0v) is 9.96. The van der Waals surface area contributed by atoms with Crippen LogP contribution in [0.2, 0.25) is 0 Å². The van der Waals surface area contributed by atoms with Crippen molar-refractivity contribution in [3.05, 3.63) is 22.7 Å². The summed E-state index contributed by atoms with van der Waals surface area (Å²) in [6.07, 6.45) is -4.42. The highest BCUT2D eigenvalue weighted by molar-refractivity contribution is 5.85. The Morgan fingerprint density at radius 1 is 1.61 bits per heavy atom. The van der Waals surface area contributed by atoms with Crippen LogP contribution in [0.5, 0.6) is 0 Å². The monoisotopic (exact) mass is 281 g/mol. The van der Waals surface area contributed by atoms with E-state index < -0.39 is 36.9 Å². The minimum atomic E-state index is -1.81. The van der Waals surface area contributed by atoms with Gasteiger partial charge in [-0.1, -0.05) is 0 Å². The molecule has 1 aromatic rings. The fourth-order valence-electron chi connectivity index (χ4n) is 1.70. The number of rotatable bonds is 2. The molecular weight excluding hydrogens is 269 g/mol. The fourth-order valence-corrected chi connectivity index (χ4v) is 1.70. The summed E-state index contributed by atoms with van der Waals surface area (Å²) in [4.78, 5) is 14.9. The van der Waals surface area contributed by atoms with Gasteiger partial charge < -0.3 is 20.7 Å². The van der Waals surface area contributed by atoms with Gasteiger partial charge in [-0.05, 0) is 6.07 Å². The first kappa shape index (κ1) is 14.8. The van der Waals surface area contributed by atoms with E-state index in [9.17, 15) is 14.3 Å². The average molecular weight is 282 g/mol. The molecule has 2 heterocycles. The Morgan fingerprint density at radius 2 is 2.28 bits per heavy atom. The summed E-state index contributed by atoms with van der Waals surface area (Å²) in [5, 5.41) is 18.3. The highest BCUT2D eigenvalue weighted by atomic mass is 35.5. The molecular formula is C9H13ClFN3O4. The molecule has 7 nitrogen and oxygen atoms in total. The topological polar surface area (TPSA) is 111 Å². The highest BCUT2D eigenvalue weighted by Crippen LogP contribution is 2.30. The Morgan fingerprint density at radius 3 is 2.78 bits per heavy atom. The van der Waals surface area contributed by atoms with Gasteiger partial charge in [0.15, 0.2) is 12.4 Å². The number of nitrogens with two attached hydrogens (primary N) is 1. The van der Waals surface area contributed by atoms with Crippen molar-refractivity contribution < 1.29 is 19.3 Å². The predicted octanol–water partition coefficient (Wildman–Crippen LogP) is -1.16. The van der Waals surface area contributed by atoms with Crippen LogP contribution in [0.25, 0.3) is 0 Å². The number of hydrogen-bond acceptors (Lipinski definition) is 6. The van der Waals surface area contributed by atoms with Crippen LogP contribution in [0, 0.1) is 0 Å². The van der Waals surface area contributed by atoms with Gasteiger partial charge in [0.2, 0.25) is 0 Å². The maximum absolute atomic E-state index is 13.7. The maximum Gasteiger partial charge on any atom is 0.351 e. The molecule has 0 amide bonds. The molecule has 18 heavy (non-hydrogen) atoms. The molecule has 0 saturated carbocycles. The van der Waals surface area contributed by atoms with E-state index in [0.29, 0.717) is 0 Å². The second-order valence-electron chi connectivity index (χ2n) is 3.72. The Balaban J connectivity index is 0.00000162. The predicted molar refractivity (Wildman–Crippen MR) is 62.1 cm³/mol. The van der Waals surface area contributed by atoms with E-state index in [-0.39, 0.29) is 18.2 Å². The van der Waals surface area contributed by atoms with Crippen LogP contribution >= 0.6 is 12.4 Å². The molecule has 1 aliphatic heterocycles. The second-order valence-corrected chi connectivity index (χ2v) is 3.72. The number of aliphatic hydroxyl groups excluding tert-OH is 2. The molecule has 9 heteroatoms. The quantitative estimate of drug-likeness (QED) is 0.630. The fraction of sp³-hybridized carbons (Fsp3) is 0.556. The lowest BCUT2D eigenvalue weighted by atomic mass is 10.1. The number of ether oxygens (including phenoxy) is 1. The second kappa shape index (κ2) is 5.61. The van der Waals surface area contributed by atoms with Crippen LogP contribution in [-0.2, 0) is 4.74 Å². The molecule has 0 spiro atoms. The van der Waals surface area contributed by atoms with E-state index in [0.717, 1.165) is 4.57 Å². The van der Waals surface area contributed by atoms with Crippen molar-refractivity contribution in [1.29, 1.82) is 0 Å². The smallest absolute Gasteiger partial charge is 0.351 e. The van der Waals surface area contributed by atoms with Gasteiger partial charge in [0.25, 0.3) is 0 Å². The van der Waals surface area contributed by atoms with Crippen molar-refractivity contribution in [3.8, 4) is 0 Å². The van der Waals surface area contributed by atoms with Gasteiger partial charge in [0.05, 0.1) is 6.61 Å². The third-order valence-corrected chi connectivity index (χ3v) is 2.60. The average Bonchev–Trinajstić information content (AvgIpc) is 2.57. The first-order chi connectivity index (χ1) is 8.04. The van der Waals surface area contributed by atoms with Crippen LogP contribution in [0.15, 0.2) is 17.1 Å². The number of anilines is 1. The van der Waals surface area contributed by atoms with Crippen molar-refractivity contribution >= 4 is 18.2 Å². The zero-order chi connectivity index (χ0) is 12.6. The van der Waals surface area contributed by atoms with E-state index in [2.05, 4.69) is 4.98 Å². The standard InChI is InChI=1S/C9H12FN3O4.ClH/c10-6-7(15)4(3-14)17-8(6)13-2-1-5(11)12-9(13)16;/h1-2,4,6-8,14-15H,3H2,(H2,11,12,16);1H/t4-,6?,7?,8-;/m1./s1. The van der Waals surface area contributed by atoms with E-state index in [1.807, 2.05) is 0 Å². The van der Waals surface area contributed by atoms with Gasteiger partial charge in [-0.25, -0.2) is 9.18 Å². The number of aromatic nitrogens is 2. The molecule has 0 aliphatic carbocycles. The lowest BCUT2D eigenvalue weighted by molar-refractivity contribution is -0.0490. The summed E-state index contributed by atoms with van der Waals surface area (Å²) in [5.74, 6) is 0.0129. The third kappa shape index (κ3) is 2.46. The first-order valence-corrected chi connectivity index (χ1v) is 4.97. The molecule has 1 saturated heterocycles. The van der Waals surface area contributed by atoms with Crippen LogP contribution < -0.4 is 11.4 Å². The van der Waals surface area contributed by atoms with Gasteiger partial charge >= 0.3 is 5.69 Å². The Labute approximate surface area is 107 Å². The normalized spacial score (nSPS) is 31.1.